The molecule has 2 amide bonds. The summed E-state index contributed by atoms with van der Waals surface area (Å²) in [4.78, 5) is 37.4. The first-order valence-corrected chi connectivity index (χ1v) is 3.94. The van der Waals surface area contributed by atoms with E-state index >= 15 is 0 Å². The molecular formula is C9H9NO4. The summed E-state index contributed by atoms with van der Waals surface area (Å²) in [5.74, 6) is -1.60. The van der Waals surface area contributed by atoms with E-state index in [9.17, 15) is 14.4 Å². The summed E-state index contributed by atoms with van der Waals surface area (Å²) in [6.45, 7) is 6.70. The Hall–Kier alpha value is -1.39. The van der Waals surface area contributed by atoms with Crippen LogP contribution in [0, 0.1) is 26.2 Å². The molecule has 1 aliphatic heterocycles. The van der Waals surface area contributed by atoms with Crippen LogP contribution in [-0.2, 0) is 19.2 Å². The highest BCUT2D eigenvalue weighted by Gasteiger charge is 2.32. The van der Waals surface area contributed by atoms with Gasteiger partial charge in [0.25, 0.3) is 11.8 Å². The van der Waals surface area contributed by atoms with Crippen LogP contribution < -0.4 is 0 Å². The Bertz CT molecular complexity index is 256. The third kappa shape index (κ3) is 2.55. The van der Waals surface area contributed by atoms with Gasteiger partial charge >= 0.3 is 5.97 Å². The minimum absolute atomic E-state index is 0.0808. The zero-order valence-corrected chi connectivity index (χ0v) is 7.49. The Morgan fingerprint density at radius 3 is 2.21 bits per heavy atom. The lowest BCUT2D eigenvalue weighted by Gasteiger charge is -2.12. The van der Waals surface area contributed by atoms with Crippen molar-refractivity contribution in [3.63, 3.8) is 0 Å². The van der Waals surface area contributed by atoms with E-state index in [0.29, 0.717) is 5.06 Å². The van der Waals surface area contributed by atoms with Gasteiger partial charge in [0, 0.05) is 12.8 Å². The molecule has 1 rings (SSSR count). The number of amides is 2. The second-order valence-electron chi connectivity index (χ2n) is 2.79. The van der Waals surface area contributed by atoms with Crippen LogP contribution in [0.2, 0.25) is 0 Å². The molecule has 0 aromatic heterocycles. The molecule has 0 aromatic rings. The lowest BCUT2D eigenvalue weighted by atomic mass is 10.1. The lowest BCUT2D eigenvalue weighted by Crippen LogP contribution is -2.32. The Labute approximate surface area is 82.0 Å². The van der Waals surface area contributed by atoms with Crippen LogP contribution in [0.3, 0.4) is 0 Å². The zero-order valence-electron chi connectivity index (χ0n) is 7.49. The largest absolute Gasteiger partial charge is 0.337 e. The van der Waals surface area contributed by atoms with E-state index in [0.717, 1.165) is 6.42 Å². The summed E-state index contributed by atoms with van der Waals surface area (Å²) in [7, 11) is 0. The molecule has 0 aromatic carbocycles. The maximum atomic E-state index is 11.0. The maximum Gasteiger partial charge on any atom is 0.337 e. The molecule has 0 unspecified atom stereocenters. The fraction of sp³-hybridized carbons (Fsp3) is 0.222. The van der Waals surface area contributed by atoms with Crippen molar-refractivity contribution in [3.05, 3.63) is 26.2 Å². The van der Waals surface area contributed by atoms with Gasteiger partial charge in [-0.15, -0.1) is 5.06 Å². The summed E-state index contributed by atoms with van der Waals surface area (Å²) in [6, 6.07) is 0. The number of carbonyl (C=O) groups excluding carboxylic acids is 3. The molecule has 1 saturated heterocycles. The van der Waals surface area contributed by atoms with Gasteiger partial charge in [0.15, 0.2) is 0 Å². The van der Waals surface area contributed by atoms with Crippen LogP contribution in [0.1, 0.15) is 12.8 Å². The highest BCUT2D eigenvalue weighted by molar-refractivity contribution is 6.02. The average molecular weight is 195 g/mol. The topological polar surface area (TPSA) is 63.7 Å². The summed E-state index contributed by atoms with van der Waals surface area (Å²) in [5.41, 5.74) is 0. The number of hydrogen-bond donors (Lipinski definition) is 0. The molecule has 0 bridgehead atoms. The van der Waals surface area contributed by atoms with Crippen molar-refractivity contribution in [1.82, 2.24) is 5.06 Å². The minimum atomic E-state index is -0.825. The second kappa shape index (κ2) is 4.21. The molecule has 74 valence electrons. The lowest BCUT2D eigenvalue weighted by molar-refractivity contribution is -0.194. The molecule has 1 fully saturated rings. The van der Waals surface area contributed by atoms with Crippen LogP contribution in [0.15, 0.2) is 0 Å². The molecule has 0 spiro atoms. The monoisotopic (exact) mass is 195 g/mol. The van der Waals surface area contributed by atoms with E-state index in [2.05, 4.69) is 18.7 Å². The van der Waals surface area contributed by atoms with Crippen LogP contribution in [0.5, 0.6) is 0 Å². The molecule has 5 heteroatoms. The van der Waals surface area contributed by atoms with Crippen molar-refractivity contribution in [1.29, 1.82) is 0 Å². The molecule has 4 radical (unpaired) electrons. The van der Waals surface area contributed by atoms with Crippen molar-refractivity contribution in [2.24, 2.45) is 0 Å². The highest BCUT2D eigenvalue weighted by Crippen LogP contribution is 2.13. The smallest absolute Gasteiger partial charge is 0.330 e. The summed E-state index contributed by atoms with van der Waals surface area (Å²) in [6.07, 6.45) is 1.16. The first-order chi connectivity index (χ1) is 6.50. The number of carbonyl (C=O) groups is 3. The van der Waals surface area contributed by atoms with Gasteiger partial charge in [0.05, 0.1) is 6.42 Å². The quantitative estimate of drug-likeness (QED) is 0.596. The molecule has 0 N–H and O–H groups in total. The molecular weight excluding hydrogens is 186 g/mol. The normalized spacial score (nSPS) is 16.6. The molecule has 0 saturated carbocycles. The highest BCUT2D eigenvalue weighted by atomic mass is 16.7. The summed E-state index contributed by atoms with van der Waals surface area (Å²) in [5, 5.41) is 0.474. The molecule has 14 heavy (non-hydrogen) atoms. The van der Waals surface area contributed by atoms with Crippen molar-refractivity contribution in [2.75, 3.05) is 0 Å². The zero-order chi connectivity index (χ0) is 10.7. The van der Waals surface area contributed by atoms with Gasteiger partial charge in [-0.05, 0) is 19.8 Å². The number of hydroxylamine groups is 2. The van der Waals surface area contributed by atoms with Crippen molar-refractivity contribution >= 4 is 17.8 Å². The van der Waals surface area contributed by atoms with Gasteiger partial charge < -0.3 is 4.84 Å². The molecule has 1 aliphatic rings. The third-order valence-electron chi connectivity index (χ3n) is 1.51. The van der Waals surface area contributed by atoms with Crippen LogP contribution in [0.25, 0.3) is 0 Å². The van der Waals surface area contributed by atoms with E-state index in [-0.39, 0.29) is 18.8 Å². The molecule has 1 heterocycles. The number of imide groups is 1. The third-order valence-corrected chi connectivity index (χ3v) is 1.51. The number of nitrogens with zero attached hydrogens (tertiary/aromatic N) is 1. The molecule has 0 aliphatic carbocycles. The van der Waals surface area contributed by atoms with Crippen LogP contribution >= 0.6 is 0 Å². The van der Waals surface area contributed by atoms with Crippen molar-refractivity contribution < 1.29 is 19.2 Å². The van der Waals surface area contributed by atoms with Crippen LogP contribution in [0.4, 0.5) is 0 Å². The van der Waals surface area contributed by atoms with E-state index in [4.69, 9.17) is 0 Å². The van der Waals surface area contributed by atoms with Gasteiger partial charge in [-0.2, -0.15) is 0 Å². The minimum Gasteiger partial charge on any atom is -0.330 e. The van der Waals surface area contributed by atoms with Gasteiger partial charge in [0.1, 0.15) is 0 Å². The summed E-state index contributed by atoms with van der Waals surface area (Å²) < 4.78 is 0. The van der Waals surface area contributed by atoms with E-state index in [1.165, 1.54) is 0 Å². The van der Waals surface area contributed by atoms with Gasteiger partial charge in [-0.25, -0.2) is 4.79 Å². The number of hydrogen-bond acceptors (Lipinski definition) is 4. The van der Waals surface area contributed by atoms with Crippen molar-refractivity contribution in [2.45, 2.75) is 12.8 Å². The number of rotatable bonds is 3. The maximum absolute atomic E-state index is 11.0. The second-order valence-corrected chi connectivity index (χ2v) is 2.79. The first-order valence-electron chi connectivity index (χ1n) is 3.94. The predicted octanol–water partition coefficient (Wildman–Crippen LogP) is 0.0406. The first kappa shape index (κ1) is 10.7. The Balaban J connectivity index is 2.47. The Morgan fingerprint density at radius 1 is 1.29 bits per heavy atom. The molecule has 0 atom stereocenters. The average Bonchev–Trinajstić information content (AvgIpc) is 2.34. The fourth-order valence-electron chi connectivity index (χ4n) is 0.941. The van der Waals surface area contributed by atoms with Gasteiger partial charge in [-0.1, -0.05) is 0 Å². The summed E-state index contributed by atoms with van der Waals surface area (Å²) >= 11 is 0. The fourth-order valence-corrected chi connectivity index (χ4v) is 0.941. The SMILES string of the molecule is [CH2][C]([CH2])[CH]C(=O)ON1C(=O)CCC1=O. The van der Waals surface area contributed by atoms with E-state index in [1.807, 2.05) is 0 Å². The van der Waals surface area contributed by atoms with E-state index < -0.39 is 17.8 Å². The van der Waals surface area contributed by atoms with Crippen molar-refractivity contribution in [3.8, 4) is 0 Å². The van der Waals surface area contributed by atoms with Gasteiger partial charge in [0.2, 0.25) is 0 Å². The predicted molar refractivity (Wildman–Crippen MR) is 45.4 cm³/mol. The van der Waals surface area contributed by atoms with E-state index in [1.54, 1.807) is 0 Å². The Morgan fingerprint density at radius 2 is 1.79 bits per heavy atom. The Kier molecular flexibility index (Phi) is 3.22. The van der Waals surface area contributed by atoms with Gasteiger partial charge in [-0.3, -0.25) is 9.59 Å². The van der Waals surface area contributed by atoms with Crippen LogP contribution in [-0.4, -0.2) is 22.8 Å². The standard InChI is InChI=1S/C9H9NO4/c1-6(2)5-9(13)14-10-7(11)3-4-8(10)12/h5H,1-4H2. The molecule has 5 nitrogen and oxygen atoms in total.